The van der Waals surface area contributed by atoms with Crippen LogP contribution in [0, 0.1) is 11.8 Å². The first-order chi connectivity index (χ1) is 18.9. The van der Waals surface area contributed by atoms with E-state index in [1.807, 2.05) is 13.0 Å². The maximum atomic E-state index is 14.2. The molecule has 0 saturated carbocycles. The highest BCUT2D eigenvalue weighted by atomic mass is 16.5. The van der Waals surface area contributed by atoms with Crippen LogP contribution in [-0.4, -0.2) is 45.7 Å². The molecule has 9 heteroatoms. The summed E-state index contributed by atoms with van der Waals surface area (Å²) in [5.41, 5.74) is -0.0837. The van der Waals surface area contributed by atoms with Crippen molar-refractivity contribution in [2.24, 2.45) is 11.8 Å². The number of esters is 1. The lowest BCUT2D eigenvalue weighted by Crippen LogP contribution is -2.53. The van der Waals surface area contributed by atoms with Crippen LogP contribution in [0.3, 0.4) is 0 Å². The number of nitrogens with one attached hydrogen (secondary N) is 1. The molecule has 202 valence electrons. The molecule has 9 nitrogen and oxygen atoms in total. The summed E-state index contributed by atoms with van der Waals surface area (Å²) in [4.78, 5) is 43.2. The highest BCUT2D eigenvalue weighted by Gasteiger charge is 2.70. The van der Waals surface area contributed by atoms with Crippen molar-refractivity contribution in [2.75, 3.05) is 32.8 Å². The van der Waals surface area contributed by atoms with E-state index in [1.54, 1.807) is 73.8 Å². The summed E-state index contributed by atoms with van der Waals surface area (Å²) < 4.78 is 21.8. The summed E-state index contributed by atoms with van der Waals surface area (Å²) in [5.74, 6) is -1.94. The van der Waals surface area contributed by atoms with Crippen LogP contribution < -0.4 is 24.4 Å². The first-order valence-electron chi connectivity index (χ1n) is 12.7. The molecule has 2 heterocycles. The van der Waals surface area contributed by atoms with E-state index in [9.17, 15) is 14.4 Å². The molecule has 3 aromatic rings. The highest BCUT2D eigenvalue weighted by molar-refractivity contribution is 6.24. The highest BCUT2D eigenvalue weighted by Crippen LogP contribution is 2.55. The quantitative estimate of drug-likeness (QED) is 0.348. The number of methoxy groups -OCH3 is 3. The number of rotatable bonds is 8. The number of carbonyl (C=O) groups excluding carboxylic acids is 3. The molecule has 1 N–H and O–H groups in total. The standard InChI is InChI=1S/C30H30N2O7/c1-5-39-20-13-11-19(12-14-20)32-27(33)24-25(28(32)34)30(29(35)38-4,18-9-7-6-8-10-18)31-26(24)22-16-15-21(36-2)17-23(22)37-3/h6-17,24-26,31H,5H2,1-4H3/t24-,25+,26+,30-/m1/s1. The Morgan fingerprint density at radius 3 is 2.21 bits per heavy atom. The first-order valence-corrected chi connectivity index (χ1v) is 12.7. The van der Waals surface area contributed by atoms with Crippen molar-refractivity contribution in [3.05, 3.63) is 83.9 Å². The van der Waals surface area contributed by atoms with Crippen LogP contribution in [0.15, 0.2) is 72.8 Å². The third-order valence-electron chi connectivity index (χ3n) is 7.48. The van der Waals surface area contributed by atoms with Crippen LogP contribution in [0.4, 0.5) is 5.69 Å². The molecule has 0 radical (unpaired) electrons. The van der Waals surface area contributed by atoms with E-state index in [1.165, 1.54) is 14.2 Å². The smallest absolute Gasteiger partial charge is 0.331 e. The normalized spacial score (nSPS) is 23.9. The van der Waals surface area contributed by atoms with E-state index in [4.69, 9.17) is 18.9 Å². The lowest BCUT2D eigenvalue weighted by Gasteiger charge is -2.33. The Morgan fingerprint density at radius 2 is 1.59 bits per heavy atom. The number of nitrogens with zero attached hydrogens (tertiary/aromatic N) is 1. The van der Waals surface area contributed by atoms with Crippen molar-refractivity contribution in [1.82, 2.24) is 5.32 Å². The number of carbonyl (C=O) groups is 3. The van der Waals surface area contributed by atoms with Crippen LogP contribution in [0.25, 0.3) is 0 Å². The molecule has 5 rings (SSSR count). The number of anilines is 1. The second-order valence-electron chi connectivity index (χ2n) is 9.34. The molecular formula is C30H30N2O7. The second-order valence-corrected chi connectivity index (χ2v) is 9.34. The van der Waals surface area contributed by atoms with Gasteiger partial charge in [-0.25, -0.2) is 9.69 Å². The summed E-state index contributed by atoms with van der Waals surface area (Å²) in [6.45, 7) is 2.36. The zero-order chi connectivity index (χ0) is 27.7. The van der Waals surface area contributed by atoms with Crippen LogP contribution >= 0.6 is 0 Å². The summed E-state index contributed by atoms with van der Waals surface area (Å²) in [5, 5.41) is 3.38. The van der Waals surface area contributed by atoms with Gasteiger partial charge >= 0.3 is 5.97 Å². The minimum absolute atomic E-state index is 0.398. The van der Waals surface area contributed by atoms with Gasteiger partial charge in [-0.3, -0.25) is 14.9 Å². The second kappa shape index (κ2) is 10.4. The van der Waals surface area contributed by atoms with E-state index < -0.39 is 41.2 Å². The van der Waals surface area contributed by atoms with Crippen molar-refractivity contribution >= 4 is 23.5 Å². The molecule has 0 aromatic heterocycles. The molecule has 4 atom stereocenters. The van der Waals surface area contributed by atoms with Crippen LogP contribution in [0.2, 0.25) is 0 Å². The fourth-order valence-electron chi connectivity index (χ4n) is 5.80. The van der Waals surface area contributed by atoms with E-state index in [0.29, 0.717) is 40.7 Å². The molecule has 2 aliphatic heterocycles. The van der Waals surface area contributed by atoms with E-state index in [2.05, 4.69) is 5.32 Å². The summed E-state index contributed by atoms with van der Waals surface area (Å²) >= 11 is 0. The molecule has 3 aromatic carbocycles. The van der Waals surface area contributed by atoms with Gasteiger partial charge in [0.25, 0.3) is 0 Å². The number of ether oxygens (including phenoxy) is 4. The fraction of sp³-hybridized carbons (Fsp3) is 0.300. The van der Waals surface area contributed by atoms with Gasteiger partial charge in [0.15, 0.2) is 5.54 Å². The van der Waals surface area contributed by atoms with Crippen LogP contribution in [0.5, 0.6) is 17.2 Å². The molecule has 0 spiro atoms. The molecule has 0 bridgehead atoms. The average Bonchev–Trinajstić information content (AvgIpc) is 3.47. The zero-order valence-corrected chi connectivity index (χ0v) is 22.2. The largest absolute Gasteiger partial charge is 0.497 e. The molecule has 0 unspecified atom stereocenters. The van der Waals surface area contributed by atoms with Crippen molar-refractivity contribution in [3.8, 4) is 17.2 Å². The lowest BCUT2D eigenvalue weighted by molar-refractivity contribution is -0.152. The monoisotopic (exact) mass is 530 g/mol. The van der Waals surface area contributed by atoms with Gasteiger partial charge in [0.2, 0.25) is 11.8 Å². The first kappa shape index (κ1) is 26.2. The number of benzene rings is 3. The number of hydrogen-bond acceptors (Lipinski definition) is 8. The average molecular weight is 531 g/mol. The molecule has 2 saturated heterocycles. The maximum absolute atomic E-state index is 14.2. The number of hydrogen-bond donors (Lipinski definition) is 1. The molecular weight excluding hydrogens is 500 g/mol. The predicted molar refractivity (Wildman–Crippen MR) is 143 cm³/mol. The Hall–Kier alpha value is -4.37. The summed E-state index contributed by atoms with van der Waals surface area (Å²) in [6.07, 6.45) is 0. The van der Waals surface area contributed by atoms with E-state index in [-0.39, 0.29) is 0 Å². The number of amides is 2. The van der Waals surface area contributed by atoms with Crippen molar-refractivity contribution in [3.63, 3.8) is 0 Å². The predicted octanol–water partition coefficient (Wildman–Crippen LogP) is 3.62. The Balaban J connectivity index is 1.70. The molecule has 2 fully saturated rings. The Bertz CT molecular complexity index is 1390. The van der Waals surface area contributed by atoms with Crippen molar-refractivity contribution < 1.29 is 33.3 Å². The minimum Gasteiger partial charge on any atom is -0.497 e. The molecule has 2 aliphatic rings. The van der Waals surface area contributed by atoms with Gasteiger partial charge in [0.1, 0.15) is 17.2 Å². The number of fused-ring (bicyclic) bond motifs is 1. The topological polar surface area (TPSA) is 103 Å². The Morgan fingerprint density at radius 1 is 0.897 bits per heavy atom. The Kier molecular flexibility index (Phi) is 7.01. The maximum Gasteiger partial charge on any atom is 0.331 e. The van der Waals surface area contributed by atoms with E-state index in [0.717, 1.165) is 4.90 Å². The molecule has 39 heavy (non-hydrogen) atoms. The SMILES string of the molecule is CCOc1ccc(N2C(=O)[C@@H]3[C@@H](C2=O)[C@@](C(=O)OC)(c2ccccc2)N[C@H]3c2ccc(OC)cc2OC)cc1. The van der Waals surface area contributed by atoms with Gasteiger partial charge in [-0.05, 0) is 42.8 Å². The van der Waals surface area contributed by atoms with Crippen molar-refractivity contribution in [1.29, 1.82) is 0 Å². The van der Waals surface area contributed by atoms with Crippen molar-refractivity contribution in [2.45, 2.75) is 18.5 Å². The van der Waals surface area contributed by atoms with Gasteiger partial charge in [0, 0.05) is 17.7 Å². The molecule has 2 amide bonds. The number of imide groups is 1. The van der Waals surface area contributed by atoms with Gasteiger partial charge in [-0.15, -0.1) is 0 Å². The Labute approximate surface area is 226 Å². The summed E-state index contributed by atoms with van der Waals surface area (Å²) in [6, 6.07) is 20.1. The summed E-state index contributed by atoms with van der Waals surface area (Å²) in [7, 11) is 4.34. The van der Waals surface area contributed by atoms with Gasteiger partial charge in [-0.2, -0.15) is 0 Å². The lowest BCUT2D eigenvalue weighted by atomic mass is 9.75. The van der Waals surface area contributed by atoms with Crippen LogP contribution in [0.1, 0.15) is 24.1 Å². The molecule has 0 aliphatic carbocycles. The van der Waals surface area contributed by atoms with Gasteiger partial charge in [-0.1, -0.05) is 36.4 Å². The zero-order valence-electron chi connectivity index (χ0n) is 22.2. The van der Waals surface area contributed by atoms with E-state index >= 15 is 0 Å². The van der Waals surface area contributed by atoms with Gasteiger partial charge in [0.05, 0.1) is 45.5 Å². The fourth-order valence-corrected chi connectivity index (χ4v) is 5.80. The third-order valence-corrected chi connectivity index (χ3v) is 7.48. The third kappa shape index (κ3) is 4.10. The van der Waals surface area contributed by atoms with Gasteiger partial charge < -0.3 is 18.9 Å². The minimum atomic E-state index is -1.62. The van der Waals surface area contributed by atoms with Crippen LogP contribution in [-0.2, 0) is 24.7 Å².